The Morgan fingerprint density at radius 1 is 1.10 bits per heavy atom. The van der Waals surface area contributed by atoms with Crippen LogP contribution in [0.4, 0.5) is 5.69 Å². The fourth-order valence-corrected chi connectivity index (χ4v) is 4.60. The molecule has 0 unspecified atom stereocenters. The molecule has 5 heteroatoms. The first-order valence-corrected chi connectivity index (χ1v) is 11.1. The quantitative estimate of drug-likeness (QED) is 0.760. The summed E-state index contributed by atoms with van der Waals surface area (Å²) in [5.74, 6) is 0.698. The third-order valence-electron chi connectivity index (χ3n) is 6.39. The fraction of sp³-hybridized carbons (Fsp3) is 0.480. The van der Waals surface area contributed by atoms with Gasteiger partial charge in [-0.05, 0) is 68.1 Å². The Bertz CT molecular complexity index is 876. The van der Waals surface area contributed by atoms with Crippen molar-refractivity contribution in [3.05, 3.63) is 59.2 Å². The average molecular weight is 408 g/mol. The molecule has 2 heterocycles. The minimum absolute atomic E-state index is 0.0482. The molecule has 4 rings (SSSR count). The normalized spacial score (nSPS) is 17.5. The number of ether oxygens (including phenoxy) is 1. The number of piperidine rings is 1. The van der Waals surface area contributed by atoms with E-state index in [0.29, 0.717) is 6.54 Å². The molecule has 160 valence electrons. The molecule has 2 aromatic rings. The molecule has 1 saturated heterocycles. The number of fused-ring (bicyclic) bond motifs is 1. The zero-order valence-corrected chi connectivity index (χ0v) is 18.2. The van der Waals surface area contributed by atoms with Crippen LogP contribution in [0.3, 0.4) is 0 Å². The molecule has 0 saturated carbocycles. The lowest BCUT2D eigenvalue weighted by Gasteiger charge is -2.35. The Morgan fingerprint density at radius 2 is 1.90 bits per heavy atom. The third kappa shape index (κ3) is 4.78. The number of likely N-dealkylation sites (tertiary alicyclic amines) is 1. The summed E-state index contributed by atoms with van der Waals surface area (Å²) in [4.78, 5) is 17.4. The van der Waals surface area contributed by atoms with E-state index in [2.05, 4.69) is 40.4 Å². The second-order valence-electron chi connectivity index (χ2n) is 8.53. The highest BCUT2D eigenvalue weighted by atomic mass is 16.5. The smallest absolute Gasteiger partial charge is 0.258 e. The maximum Gasteiger partial charge on any atom is 0.258 e. The molecule has 30 heavy (non-hydrogen) atoms. The lowest BCUT2D eigenvalue weighted by molar-refractivity contribution is -0.123. The number of hydrogen-bond donors (Lipinski definition) is 1. The van der Waals surface area contributed by atoms with Gasteiger partial charge in [0.1, 0.15) is 5.75 Å². The zero-order chi connectivity index (χ0) is 20.9. The molecule has 2 aromatic carbocycles. The van der Waals surface area contributed by atoms with Crippen molar-refractivity contribution >= 4 is 11.6 Å². The summed E-state index contributed by atoms with van der Waals surface area (Å²) < 4.78 is 5.72. The standard InChI is InChI=1S/C25H33N3O2/c1-19-8-4-5-9-24(19)30-18-25(29)26-17-23(28-13-6-3-7-14-28)20-10-11-22-21(16-20)12-15-27(22)2/h4-5,8-11,16,23H,3,6-7,12-15,17-18H2,1-2H3,(H,26,29)/t23-/m1/s1. The van der Waals surface area contributed by atoms with Gasteiger partial charge in [0.15, 0.2) is 6.61 Å². The minimum atomic E-state index is -0.0684. The number of carbonyl (C=O) groups is 1. The number of para-hydroxylation sites is 1. The van der Waals surface area contributed by atoms with Crippen LogP contribution in [-0.2, 0) is 11.2 Å². The van der Waals surface area contributed by atoms with Gasteiger partial charge >= 0.3 is 0 Å². The van der Waals surface area contributed by atoms with Gasteiger partial charge in [-0.2, -0.15) is 0 Å². The zero-order valence-electron chi connectivity index (χ0n) is 18.2. The van der Waals surface area contributed by atoms with Crippen molar-refractivity contribution < 1.29 is 9.53 Å². The van der Waals surface area contributed by atoms with Gasteiger partial charge in [-0.25, -0.2) is 0 Å². The molecule has 0 radical (unpaired) electrons. The predicted molar refractivity (Wildman–Crippen MR) is 121 cm³/mol. The van der Waals surface area contributed by atoms with Gasteiger partial charge in [-0.1, -0.05) is 36.8 Å². The lowest BCUT2D eigenvalue weighted by atomic mass is 9.98. The number of hydrogen-bond acceptors (Lipinski definition) is 4. The van der Waals surface area contributed by atoms with E-state index >= 15 is 0 Å². The molecule has 1 atom stereocenters. The Morgan fingerprint density at radius 3 is 2.70 bits per heavy atom. The first kappa shape index (κ1) is 20.7. The number of aryl methyl sites for hydroxylation is 1. The molecule has 1 N–H and O–H groups in total. The molecule has 0 aromatic heterocycles. The average Bonchev–Trinajstić information content (AvgIpc) is 3.14. The van der Waals surface area contributed by atoms with Crippen LogP contribution in [0.15, 0.2) is 42.5 Å². The van der Waals surface area contributed by atoms with Crippen LogP contribution in [-0.4, -0.2) is 50.6 Å². The van der Waals surface area contributed by atoms with Crippen LogP contribution in [0.25, 0.3) is 0 Å². The summed E-state index contributed by atoms with van der Waals surface area (Å²) in [6, 6.07) is 14.9. The van der Waals surface area contributed by atoms with Gasteiger partial charge in [0.2, 0.25) is 0 Å². The molecule has 5 nitrogen and oxygen atoms in total. The summed E-state index contributed by atoms with van der Waals surface area (Å²) in [5, 5.41) is 3.13. The van der Waals surface area contributed by atoms with E-state index in [1.165, 1.54) is 36.1 Å². The first-order valence-electron chi connectivity index (χ1n) is 11.1. The number of rotatable bonds is 7. The molecular weight excluding hydrogens is 374 g/mol. The van der Waals surface area contributed by atoms with E-state index in [4.69, 9.17) is 4.74 Å². The van der Waals surface area contributed by atoms with Crippen molar-refractivity contribution in [3.8, 4) is 5.75 Å². The summed E-state index contributed by atoms with van der Waals surface area (Å²) in [6.07, 6.45) is 4.86. The number of anilines is 1. The second kappa shape index (κ2) is 9.52. The van der Waals surface area contributed by atoms with Crippen molar-refractivity contribution in [2.75, 3.05) is 44.7 Å². The van der Waals surface area contributed by atoms with Gasteiger partial charge < -0.3 is 15.0 Å². The van der Waals surface area contributed by atoms with Crippen LogP contribution >= 0.6 is 0 Å². The number of nitrogens with zero attached hydrogens (tertiary/aromatic N) is 2. The van der Waals surface area contributed by atoms with Gasteiger partial charge in [-0.15, -0.1) is 0 Å². The van der Waals surface area contributed by atoms with E-state index in [9.17, 15) is 4.79 Å². The van der Waals surface area contributed by atoms with Crippen molar-refractivity contribution in [2.45, 2.75) is 38.6 Å². The molecular formula is C25H33N3O2. The molecule has 2 aliphatic heterocycles. The van der Waals surface area contributed by atoms with E-state index < -0.39 is 0 Å². The number of amides is 1. The van der Waals surface area contributed by atoms with E-state index in [1.54, 1.807) is 0 Å². The van der Waals surface area contributed by atoms with E-state index in [1.807, 2.05) is 31.2 Å². The Labute approximate surface area is 180 Å². The number of likely N-dealkylation sites (N-methyl/N-ethyl adjacent to an activating group) is 1. The molecule has 1 fully saturated rings. The Hall–Kier alpha value is -2.53. The molecule has 0 spiro atoms. The van der Waals surface area contributed by atoms with Crippen LogP contribution in [0, 0.1) is 6.92 Å². The topological polar surface area (TPSA) is 44.8 Å². The summed E-state index contributed by atoms with van der Waals surface area (Å²) in [7, 11) is 2.16. The molecule has 0 bridgehead atoms. The van der Waals surface area contributed by atoms with Gasteiger partial charge in [0, 0.05) is 25.8 Å². The molecule has 1 amide bonds. The first-order chi connectivity index (χ1) is 14.6. The van der Waals surface area contributed by atoms with Crippen LogP contribution < -0.4 is 15.0 Å². The van der Waals surface area contributed by atoms with E-state index in [-0.39, 0.29) is 18.6 Å². The number of nitrogens with one attached hydrogen (secondary N) is 1. The van der Waals surface area contributed by atoms with Gasteiger partial charge in [0.25, 0.3) is 5.91 Å². The summed E-state index contributed by atoms with van der Waals surface area (Å²) >= 11 is 0. The lowest BCUT2D eigenvalue weighted by Crippen LogP contribution is -2.41. The molecule has 2 aliphatic rings. The second-order valence-corrected chi connectivity index (χ2v) is 8.53. The van der Waals surface area contributed by atoms with Crippen molar-refractivity contribution in [1.82, 2.24) is 10.2 Å². The maximum atomic E-state index is 12.5. The third-order valence-corrected chi connectivity index (χ3v) is 6.39. The number of carbonyl (C=O) groups excluding carboxylic acids is 1. The van der Waals surface area contributed by atoms with E-state index in [0.717, 1.165) is 37.4 Å². The fourth-order valence-electron chi connectivity index (χ4n) is 4.60. The van der Waals surface area contributed by atoms with Gasteiger partial charge in [-0.3, -0.25) is 9.69 Å². The SMILES string of the molecule is Cc1ccccc1OCC(=O)NC[C@H](c1ccc2c(c1)CCN2C)N1CCCCC1. The maximum absolute atomic E-state index is 12.5. The van der Waals surface area contributed by atoms with Crippen molar-refractivity contribution in [3.63, 3.8) is 0 Å². The highest BCUT2D eigenvalue weighted by Crippen LogP contribution is 2.32. The van der Waals surface area contributed by atoms with Crippen LogP contribution in [0.1, 0.15) is 42.0 Å². The Balaban J connectivity index is 1.41. The van der Waals surface area contributed by atoms with Crippen LogP contribution in [0.5, 0.6) is 5.75 Å². The van der Waals surface area contributed by atoms with Crippen molar-refractivity contribution in [1.29, 1.82) is 0 Å². The predicted octanol–water partition coefficient (Wildman–Crippen LogP) is 3.71. The largest absolute Gasteiger partial charge is 0.484 e. The monoisotopic (exact) mass is 407 g/mol. The van der Waals surface area contributed by atoms with Crippen LogP contribution in [0.2, 0.25) is 0 Å². The Kier molecular flexibility index (Phi) is 6.58. The highest BCUT2D eigenvalue weighted by Gasteiger charge is 2.25. The number of benzene rings is 2. The van der Waals surface area contributed by atoms with Crippen molar-refractivity contribution in [2.24, 2.45) is 0 Å². The molecule has 0 aliphatic carbocycles. The highest BCUT2D eigenvalue weighted by molar-refractivity contribution is 5.77. The van der Waals surface area contributed by atoms with Gasteiger partial charge in [0.05, 0.1) is 6.04 Å². The summed E-state index contributed by atoms with van der Waals surface area (Å²) in [6.45, 7) is 5.93. The minimum Gasteiger partial charge on any atom is -0.484 e. The summed E-state index contributed by atoms with van der Waals surface area (Å²) in [5.41, 5.74) is 5.11.